The van der Waals surface area contributed by atoms with Gasteiger partial charge in [0.25, 0.3) is 0 Å². The van der Waals surface area contributed by atoms with Gasteiger partial charge in [-0.15, -0.1) is 0 Å². The van der Waals surface area contributed by atoms with Crippen molar-refractivity contribution in [2.45, 2.75) is 58.1 Å². The number of cyclic esters (lactones) is 1. The van der Waals surface area contributed by atoms with Crippen molar-refractivity contribution in [1.29, 1.82) is 0 Å². The Morgan fingerprint density at radius 2 is 2.14 bits per heavy atom. The molecule has 1 saturated heterocycles. The van der Waals surface area contributed by atoms with Crippen LogP contribution < -0.4 is 0 Å². The quantitative estimate of drug-likeness (QED) is 0.584. The molecule has 0 spiro atoms. The maximum atomic E-state index is 12.7. The molecule has 1 fully saturated rings. The lowest BCUT2D eigenvalue weighted by atomic mass is 9.89. The van der Waals surface area contributed by atoms with Crippen LogP contribution in [-0.2, 0) is 14.3 Å². The first-order valence-corrected chi connectivity index (χ1v) is 9.30. The number of hydrogen-bond donors (Lipinski definition) is 0. The van der Waals surface area contributed by atoms with Crippen LogP contribution in [0.3, 0.4) is 0 Å². The number of hydrogen-bond acceptors (Lipinski definition) is 5. The van der Waals surface area contributed by atoms with Gasteiger partial charge in [-0.25, -0.2) is 4.79 Å². The molecule has 120 valence electrons. The molecule has 0 bridgehead atoms. The van der Waals surface area contributed by atoms with E-state index in [0.29, 0.717) is 10.2 Å². The van der Waals surface area contributed by atoms with E-state index in [2.05, 4.69) is 13.8 Å². The normalized spacial score (nSPS) is 28.4. The van der Waals surface area contributed by atoms with Gasteiger partial charge in [-0.3, -0.25) is 9.69 Å². The standard InChI is InChI=1S/C16H21NO3S2/c1-9(2)12-8-22-16(21)17(12)14(18)7-13-10-5-3-4-6-11(10)15(19)20-13/h9,12-13H,3-8H2,1-2H3/t12-,13-/m1/s1. The van der Waals surface area contributed by atoms with Crippen molar-refractivity contribution in [2.75, 3.05) is 5.75 Å². The van der Waals surface area contributed by atoms with Gasteiger partial charge in [-0.2, -0.15) is 0 Å². The number of esters is 1. The number of carbonyl (C=O) groups is 2. The fourth-order valence-corrected chi connectivity index (χ4v) is 5.09. The van der Waals surface area contributed by atoms with Gasteiger partial charge in [0.05, 0.1) is 6.42 Å². The molecule has 1 aliphatic carbocycles. The Morgan fingerprint density at radius 1 is 1.41 bits per heavy atom. The zero-order valence-electron chi connectivity index (χ0n) is 13.0. The third-order valence-electron chi connectivity index (χ3n) is 4.70. The molecule has 6 heteroatoms. The van der Waals surface area contributed by atoms with Crippen molar-refractivity contribution < 1.29 is 14.3 Å². The zero-order valence-corrected chi connectivity index (χ0v) is 14.6. The highest BCUT2D eigenvalue weighted by molar-refractivity contribution is 8.23. The fraction of sp³-hybridized carbons (Fsp3) is 0.688. The van der Waals surface area contributed by atoms with Crippen LogP contribution in [0.25, 0.3) is 0 Å². The van der Waals surface area contributed by atoms with E-state index >= 15 is 0 Å². The average Bonchev–Trinajstić information content (AvgIpc) is 3.01. The Kier molecular flexibility index (Phi) is 4.59. The highest BCUT2D eigenvalue weighted by Gasteiger charge is 2.40. The molecule has 2 aliphatic heterocycles. The van der Waals surface area contributed by atoms with E-state index in [1.807, 2.05) is 0 Å². The molecule has 3 rings (SSSR count). The van der Waals surface area contributed by atoms with Gasteiger partial charge in [0.2, 0.25) is 5.91 Å². The summed E-state index contributed by atoms with van der Waals surface area (Å²) in [5, 5.41) is 0. The second-order valence-electron chi connectivity index (χ2n) is 6.46. The monoisotopic (exact) mass is 339 g/mol. The highest BCUT2D eigenvalue weighted by Crippen LogP contribution is 2.37. The minimum absolute atomic E-state index is 0.00850. The maximum absolute atomic E-state index is 12.7. The number of rotatable bonds is 3. The van der Waals surface area contributed by atoms with Crippen molar-refractivity contribution in [3.8, 4) is 0 Å². The molecule has 2 heterocycles. The summed E-state index contributed by atoms with van der Waals surface area (Å²) in [6, 6.07) is 0.155. The van der Waals surface area contributed by atoms with Gasteiger partial charge in [-0.05, 0) is 37.2 Å². The van der Waals surface area contributed by atoms with E-state index in [1.54, 1.807) is 16.7 Å². The van der Waals surface area contributed by atoms with Crippen molar-refractivity contribution in [3.63, 3.8) is 0 Å². The molecule has 4 nitrogen and oxygen atoms in total. The average molecular weight is 339 g/mol. The lowest BCUT2D eigenvalue weighted by molar-refractivity contribution is -0.142. The molecule has 0 aromatic carbocycles. The van der Waals surface area contributed by atoms with Crippen LogP contribution in [0.1, 0.15) is 46.0 Å². The van der Waals surface area contributed by atoms with Gasteiger partial charge < -0.3 is 4.74 Å². The third kappa shape index (κ3) is 2.83. The summed E-state index contributed by atoms with van der Waals surface area (Å²) in [7, 11) is 0. The van der Waals surface area contributed by atoms with Gasteiger partial charge in [-0.1, -0.05) is 37.8 Å². The number of thioether (sulfide) groups is 1. The Hall–Kier alpha value is -0.880. The molecule has 0 radical (unpaired) electrons. The second-order valence-corrected chi connectivity index (χ2v) is 8.11. The molecule has 2 atom stereocenters. The molecule has 0 N–H and O–H groups in total. The van der Waals surface area contributed by atoms with Gasteiger partial charge >= 0.3 is 5.97 Å². The van der Waals surface area contributed by atoms with Crippen LogP contribution in [0, 0.1) is 5.92 Å². The van der Waals surface area contributed by atoms with Crippen LogP contribution in [0.5, 0.6) is 0 Å². The van der Waals surface area contributed by atoms with Crippen molar-refractivity contribution in [1.82, 2.24) is 4.90 Å². The predicted molar refractivity (Wildman–Crippen MR) is 90.5 cm³/mol. The van der Waals surface area contributed by atoms with Crippen LogP contribution >= 0.6 is 24.0 Å². The topological polar surface area (TPSA) is 46.6 Å². The first kappa shape index (κ1) is 16.0. The smallest absolute Gasteiger partial charge is 0.334 e. The SMILES string of the molecule is CC(C)[C@H]1CSC(=S)N1C(=O)C[C@H]1OC(=O)C2=C1CCCC2. The molecular weight excluding hydrogens is 318 g/mol. The second kappa shape index (κ2) is 6.32. The summed E-state index contributed by atoms with van der Waals surface area (Å²) in [5.74, 6) is 1.00. The molecule has 0 aromatic heterocycles. The summed E-state index contributed by atoms with van der Waals surface area (Å²) in [6.07, 6.45) is 3.66. The first-order chi connectivity index (χ1) is 10.5. The lowest BCUT2D eigenvalue weighted by Gasteiger charge is -2.27. The van der Waals surface area contributed by atoms with E-state index in [0.717, 1.165) is 42.6 Å². The molecule has 1 amide bonds. The van der Waals surface area contributed by atoms with Crippen LogP contribution in [0.2, 0.25) is 0 Å². The Labute approximate surface area is 140 Å². The number of nitrogens with zero attached hydrogens (tertiary/aromatic N) is 1. The van der Waals surface area contributed by atoms with Crippen LogP contribution in [-0.4, -0.2) is 39.0 Å². The summed E-state index contributed by atoms with van der Waals surface area (Å²) in [4.78, 5) is 26.4. The largest absolute Gasteiger partial charge is 0.454 e. The molecule has 3 aliphatic rings. The Bertz CT molecular complexity index is 556. The number of ether oxygens (including phenoxy) is 1. The lowest BCUT2D eigenvalue weighted by Crippen LogP contribution is -2.43. The zero-order chi connectivity index (χ0) is 15.9. The molecular formula is C16H21NO3S2. The molecule has 0 aromatic rings. The minimum atomic E-state index is -0.364. The van der Waals surface area contributed by atoms with Crippen molar-refractivity contribution >= 4 is 40.2 Å². The minimum Gasteiger partial charge on any atom is -0.454 e. The molecule has 0 saturated carbocycles. The van der Waals surface area contributed by atoms with Crippen molar-refractivity contribution in [3.05, 3.63) is 11.1 Å². The van der Waals surface area contributed by atoms with Gasteiger partial charge in [0.1, 0.15) is 10.4 Å². The van der Waals surface area contributed by atoms with E-state index in [1.165, 1.54) is 0 Å². The van der Waals surface area contributed by atoms with E-state index in [-0.39, 0.29) is 30.4 Å². The summed E-state index contributed by atoms with van der Waals surface area (Å²) in [5.41, 5.74) is 1.88. The van der Waals surface area contributed by atoms with Gasteiger partial charge in [0, 0.05) is 17.4 Å². The number of amides is 1. The summed E-state index contributed by atoms with van der Waals surface area (Å²) >= 11 is 6.91. The van der Waals surface area contributed by atoms with E-state index in [9.17, 15) is 9.59 Å². The van der Waals surface area contributed by atoms with Gasteiger partial charge in [0.15, 0.2) is 0 Å². The highest BCUT2D eigenvalue weighted by atomic mass is 32.2. The number of thiocarbonyl (C=S) groups is 1. The molecule has 0 unspecified atom stereocenters. The fourth-order valence-electron chi connectivity index (χ4n) is 3.42. The van der Waals surface area contributed by atoms with Crippen molar-refractivity contribution in [2.24, 2.45) is 5.92 Å². The maximum Gasteiger partial charge on any atom is 0.334 e. The summed E-state index contributed by atoms with van der Waals surface area (Å²) < 4.78 is 6.12. The van der Waals surface area contributed by atoms with E-state index < -0.39 is 0 Å². The predicted octanol–water partition coefficient (Wildman–Crippen LogP) is 3.06. The molecule has 22 heavy (non-hydrogen) atoms. The third-order valence-corrected chi connectivity index (χ3v) is 6.20. The van der Waals surface area contributed by atoms with Crippen LogP contribution in [0.15, 0.2) is 11.1 Å². The van der Waals surface area contributed by atoms with Crippen LogP contribution in [0.4, 0.5) is 0 Å². The Morgan fingerprint density at radius 3 is 2.86 bits per heavy atom. The summed E-state index contributed by atoms with van der Waals surface area (Å²) in [6.45, 7) is 4.22. The Balaban J connectivity index is 1.73. The first-order valence-electron chi connectivity index (χ1n) is 7.90. The van der Waals surface area contributed by atoms with E-state index in [4.69, 9.17) is 17.0 Å². The number of carbonyl (C=O) groups excluding carboxylic acids is 2.